The number of amides is 1. The zero-order valence-electron chi connectivity index (χ0n) is 22.3. The minimum absolute atomic E-state index is 0.125. The smallest absolute Gasteiger partial charge is 0.350 e. The summed E-state index contributed by atoms with van der Waals surface area (Å²) in [5.74, 6) is -1.25. The Balaban J connectivity index is 1.66. The Kier molecular flexibility index (Phi) is 7.74. The van der Waals surface area contributed by atoms with Crippen LogP contribution in [0.25, 0.3) is 5.76 Å². The average molecular weight is 565 g/mol. The highest BCUT2D eigenvalue weighted by Gasteiger charge is 2.48. The largest absolute Gasteiger partial charge is 0.507 e. The lowest BCUT2D eigenvalue weighted by molar-refractivity contribution is -0.132. The number of ketones is 1. The number of aromatic nitrogens is 1. The lowest BCUT2D eigenvalue weighted by Crippen LogP contribution is -2.29. The number of rotatable bonds is 8. The Hall–Kier alpha value is -4.38. The van der Waals surface area contributed by atoms with E-state index in [0.717, 1.165) is 24.2 Å². The summed E-state index contributed by atoms with van der Waals surface area (Å²) in [7, 11) is 1.25. The first-order valence-electron chi connectivity index (χ1n) is 12.8. The van der Waals surface area contributed by atoms with Crippen LogP contribution in [0.4, 0.5) is 5.13 Å². The fourth-order valence-electron chi connectivity index (χ4n) is 4.57. The van der Waals surface area contributed by atoms with E-state index < -0.39 is 23.7 Å². The third-order valence-electron chi connectivity index (χ3n) is 6.56. The van der Waals surface area contributed by atoms with E-state index >= 15 is 0 Å². The number of methoxy groups -OCH3 is 1. The van der Waals surface area contributed by atoms with Crippen molar-refractivity contribution in [1.82, 2.24) is 4.98 Å². The summed E-state index contributed by atoms with van der Waals surface area (Å²) in [6.45, 7) is 4.93. The van der Waals surface area contributed by atoms with Crippen molar-refractivity contribution in [3.8, 4) is 17.2 Å². The van der Waals surface area contributed by atoms with E-state index in [0.29, 0.717) is 48.3 Å². The quantitative estimate of drug-likeness (QED) is 0.135. The molecule has 1 saturated heterocycles. The number of Topliss-reactive ketones (excluding diaryl/α,β-unsaturated/α-hetero) is 1. The van der Waals surface area contributed by atoms with Gasteiger partial charge in [-0.25, -0.2) is 9.78 Å². The standard InChI is InChI=1S/C29H28N2O8S/c1-4-5-11-37-19-8-6-7-17(14-19)23-22(24(32)18-9-10-20-21(15-18)39-13-12-38-20)25(33)27(34)31(23)29-30-16(2)26(40-29)28(35)36-3/h6-10,14-15,23,32H,4-5,11-13H2,1-3H3/b24-22+/t23-/m0/s1. The number of aliphatic hydroxyl groups is 1. The Morgan fingerprint density at radius 3 is 2.67 bits per heavy atom. The third-order valence-corrected chi connectivity index (χ3v) is 7.70. The van der Waals surface area contributed by atoms with Gasteiger partial charge in [-0.1, -0.05) is 36.8 Å². The van der Waals surface area contributed by atoms with Crippen molar-refractivity contribution in [3.63, 3.8) is 0 Å². The number of hydrogen-bond acceptors (Lipinski definition) is 10. The summed E-state index contributed by atoms with van der Waals surface area (Å²) < 4.78 is 22.0. The summed E-state index contributed by atoms with van der Waals surface area (Å²) in [6, 6.07) is 10.8. The van der Waals surface area contributed by atoms with Gasteiger partial charge in [0.15, 0.2) is 16.6 Å². The van der Waals surface area contributed by atoms with E-state index in [1.54, 1.807) is 49.4 Å². The predicted octanol–water partition coefficient (Wildman–Crippen LogP) is 4.81. The summed E-state index contributed by atoms with van der Waals surface area (Å²) in [6.07, 6.45) is 1.82. The second-order valence-corrected chi connectivity index (χ2v) is 10.2. The number of anilines is 1. The number of carbonyl (C=O) groups is 3. The molecule has 5 rings (SSSR count). The molecule has 1 amide bonds. The molecule has 0 unspecified atom stereocenters. The van der Waals surface area contributed by atoms with Crippen molar-refractivity contribution in [2.24, 2.45) is 0 Å². The van der Waals surface area contributed by atoms with Crippen LogP contribution in [0.3, 0.4) is 0 Å². The molecule has 1 aromatic heterocycles. The van der Waals surface area contributed by atoms with E-state index in [1.165, 1.54) is 12.0 Å². The molecule has 0 saturated carbocycles. The van der Waals surface area contributed by atoms with Crippen LogP contribution in [0.5, 0.6) is 17.2 Å². The van der Waals surface area contributed by atoms with Gasteiger partial charge < -0.3 is 24.1 Å². The summed E-state index contributed by atoms with van der Waals surface area (Å²) in [5, 5.41) is 11.6. The number of hydrogen-bond donors (Lipinski definition) is 1. The molecule has 2 aliphatic rings. The summed E-state index contributed by atoms with van der Waals surface area (Å²) in [5.41, 5.74) is 1.05. The molecule has 0 spiro atoms. The van der Waals surface area contributed by atoms with Gasteiger partial charge in [0.25, 0.3) is 5.78 Å². The van der Waals surface area contributed by atoms with Gasteiger partial charge in [-0.2, -0.15) is 0 Å². The first-order chi connectivity index (χ1) is 19.3. The van der Waals surface area contributed by atoms with Gasteiger partial charge in [0, 0.05) is 5.56 Å². The SMILES string of the molecule is CCCCOc1cccc([C@H]2/C(=C(\O)c3ccc4c(c3)OCCO4)C(=O)C(=O)N2c2nc(C)c(C(=O)OC)s2)c1. The number of ether oxygens (including phenoxy) is 4. The predicted molar refractivity (Wildman–Crippen MR) is 147 cm³/mol. The fraction of sp³-hybridized carbons (Fsp3) is 0.310. The topological polar surface area (TPSA) is 124 Å². The molecule has 2 aliphatic heterocycles. The third kappa shape index (κ3) is 5.00. The van der Waals surface area contributed by atoms with Crippen molar-refractivity contribution in [3.05, 3.63) is 69.7 Å². The highest BCUT2D eigenvalue weighted by molar-refractivity contribution is 7.17. The number of thiazole rings is 1. The van der Waals surface area contributed by atoms with Crippen molar-refractivity contribution in [2.75, 3.05) is 31.8 Å². The van der Waals surface area contributed by atoms with Gasteiger partial charge >= 0.3 is 11.9 Å². The molecule has 208 valence electrons. The van der Waals surface area contributed by atoms with Gasteiger partial charge in [-0.15, -0.1) is 0 Å². The van der Waals surface area contributed by atoms with Gasteiger partial charge in [0.1, 0.15) is 29.6 Å². The molecular weight excluding hydrogens is 536 g/mol. The monoisotopic (exact) mass is 564 g/mol. The Bertz CT molecular complexity index is 1510. The first kappa shape index (κ1) is 27.2. The number of fused-ring (bicyclic) bond motifs is 1. The highest BCUT2D eigenvalue weighted by atomic mass is 32.1. The molecule has 0 bridgehead atoms. The van der Waals surface area contributed by atoms with Crippen molar-refractivity contribution in [1.29, 1.82) is 0 Å². The number of esters is 1. The maximum Gasteiger partial charge on any atom is 0.350 e. The zero-order chi connectivity index (χ0) is 28.4. The fourth-order valence-corrected chi connectivity index (χ4v) is 5.58. The lowest BCUT2D eigenvalue weighted by Gasteiger charge is -2.24. The summed E-state index contributed by atoms with van der Waals surface area (Å²) >= 11 is 0.938. The van der Waals surface area contributed by atoms with Crippen LogP contribution in [0.1, 0.15) is 52.3 Å². The maximum atomic E-state index is 13.5. The molecule has 40 heavy (non-hydrogen) atoms. The van der Waals surface area contributed by atoms with Crippen molar-refractivity contribution in [2.45, 2.75) is 32.7 Å². The lowest BCUT2D eigenvalue weighted by atomic mass is 9.95. The highest BCUT2D eigenvalue weighted by Crippen LogP contribution is 2.45. The van der Waals surface area contributed by atoms with Crippen LogP contribution < -0.4 is 19.1 Å². The molecule has 0 radical (unpaired) electrons. The van der Waals surface area contributed by atoms with Crippen LogP contribution >= 0.6 is 11.3 Å². The van der Waals surface area contributed by atoms with E-state index in [1.807, 2.05) is 0 Å². The molecule has 1 atom stereocenters. The van der Waals surface area contributed by atoms with Crippen molar-refractivity contribution < 1.29 is 38.4 Å². The van der Waals surface area contributed by atoms with Crippen LogP contribution in [-0.4, -0.2) is 54.7 Å². The molecule has 10 nitrogen and oxygen atoms in total. The number of aliphatic hydroxyl groups excluding tert-OH is 1. The van der Waals surface area contributed by atoms with E-state index in [4.69, 9.17) is 18.9 Å². The first-order valence-corrected chi connectivity index (χ1v) is 13.6. The van der Waals surface area contributed by atoms with Gasteiger partial charge in [0.2, 0.25) is 0 Å². The summed E-state index contributed by atoms with van der Waals surface area (Å²) in [4.78, 5) is 45.2. The zero-order valence-corrected chi connectivity index (χ0v) is 23.1. The number of benzene rings is 2. The molecule has 1 N–H and O–H groups in total. The molecule has 0 aliphatic carbocycles. The maximum absolute atomic E-state index is 13.5. The minimum atomic E-state index is -1.04. The molecular formula is C29H28N2O8S. The Labute approximate surface area is 234 Å². The molecule has 11 heteroatoms. The molecule has 1 fully saturated rings. The Morgan fingerprint density at radius 1 is 1.15 bits per heavy atom. The van der Waals surface area contributed by atoms with Crippen LogP contribution in [0.2, 0.25) is 0 Å². The second kappa shape index (κ2) is 11.4. The van der Waals surface area contributed by atoms with Gasteiger partial charge in [-0.05, 0) is 49.2 Å². The van der Waals surface area contributed by atoms with E-state index in [-0.39, 0.29) is 26.9 Å². The van der Waals surface area contributed by atoms with Crippen LogP contribution in [0.15, 0.2) is 48.0 Å². The number of nitrogens with zero attached hydrogens (tertiary/aromatic N) is 2. The number of aryl methyl sites for hydroxylation is 1. The van der Waals surface area contributed by atoms with Crippen LogP contribution in [-0.2, 0) is 14.3 Å². The second-order valence-electron chi connectivity index (χ2n) is 9.20. The molecule has 3 heterocycles. The number of unbranched alkanes of at least 4 members (excludes halogenated alkanes) is 1. The van der Waals surface area contributed by atoms with Gasteiger partial charge in [0.05, 0.1) is 31.0 Å². The molecule has 2 aromatic carbocycles. The minimum Gasteiger partial charge on any atom is -0.507 e. The van der Waals surface area contributed by atoms with Gasteiger partial charge in [-0.3, -0.25) is 14.5 Å². The van der Waals surface area contributed by atoms with Crippen LogP contribution in [0, 0.1) is 6.92 Å². The van der Waals surface area contributed by atoms with E-state index in [2.05, 4.69) is 11.9 Å². The normalized spacial score (nSPS) is 17.7. The number of carbonyl (C=O) groups excluding carboxylic acids is 3. The average Bonchev–Trinajstić information content (AvgIpc) is 3.48. The molecule has 3 aromatic rings. The van der Waals surface area contributed by atoms with Crippen molar-refractivity contribution >= 4 is 39.9 Å². The van der Waals surface area contributed by atoms with E-state index in [9.17, 15) is 19.5 Å². The Morgan fingerprint density at radius 2 is 1.93 bits per heavy atom.